The highest BCUT2D eigenvalue weighted by Gasteiger charge is 2.32. The number of hydrogen-bond acceptors (Lipinski definition) is 4. The van der Waals surface area contributed by atoms with E-state index in [0.717, 1.165) is 42.4 Å². The third-order valence-corrected chi connectivity index (χ3v) is 7.95. The van der Waals surface area contributed by atoms with Gasteiger partial charge in [-0.25, -0.2) is 0 Å². The van der Waals surface area contributed by atoms with Gasteiger partial charge in [-0.1, -0.05) is 85.5 Å². The summed E-state index contributed by atoms with van der Waals surface area (Å²) in [7, 11) is 0. The Morgan fingerprint density at radius 1 is 0.897 bits per heavy atom. The second-order valence-electron chi connectivity index (χ2n) is 10.3. The van der Waals surface area contributed by atoms with Crippen LogP contribution in [0.25, 0.3) is 0 Å². The summed E-state index contributed by atoms with van der Waals surface area (Å²) in [6.07, 6.45) is 6.61. The molecule has 3 aromatic rings. The Morgan fingerprint density at radius 2 is 1.64 bits per heavy atom. The summed E-state index contributed by atoms with van der Waals surface area (Å²) in [6.45, 7) is 0.468. The number of hydrogen-bond donors (Lipinski definition) is 1. The minimum Gasteiger partial charge on any atom is -0.454 e. The van der Waals surface area contributed by atoms with Gasteiger partial charge in [0, 0.05) is 30.5 Å². The second-order valence-corrected chi connectivity index (χ2v) is 10.8. The summed E-state index contributed by atoms with van der Waals surface area (Å²) in [6, 6.07) is 22.7. The second kappa shape index (κ2) is 13.0. The fourth-order valence-electron chi connectivity index (χ4n) is 5.40. The average molecular weight is 547 g/mol. The fourth-order valence-corrected chi connectivity index (χ4v) is 5.60. The van der Waals surface area contributed by atoms with Gasteiger partial charge in [0.05, 0.1) is 0 Å². The smallest absolute Gasteiger partial charge is 0.243 e. The molecule has 5 rings (SSSR count). The van der Waals surface area contributed by atoms with Gasteiger partial charge in [0.25, 0.3) is 0 Å². The van der Waals surface area contributed by atoms with Gasteiger partial charge in [0.15, 0.2) is 11.5 Å². The van der Waals surface area contributed by atoms with Gasteiger partial charge in [-0.2, -0.15) is 0 Å². The van der Waals surface area contributed by atoms with Crippen LogP contribution < -0.4 is 14.8 Å². The molecule has 3 aromatic carbocycles. The zero-order valence-electron chi connectivity index (χ0n) is 22.1. The first kappa shape index (κ1) is 27.1. The molecule has 7 heteroatoms. The van der Waals surface area contributed by atoms with Crippen LogP contribution in [0, 0.1) is 0 Å². The van der Waals surface area contributed by atoms with Crippen molar-refractivity contribution in [3.63, 3.8) is 0 Å². The van der Waals surface area contributed by atoms with Gasteiger partial charge in [0.2, 0.25) is 18.6 Å². The fraction of sp³-hybridized carbons (Fsp3) is 0.375. The summed E-state index contributed by atoms with van der Waals surface area (Å²) in [5, 5.41) is 3.86. The molecule has 204 valence electrons. The molecule has 1 heterocycles. The molecule has 6 nitrogen and oxygen atoms in total. The van der Waals surface area contributed by atoms with Gasteiger partial charge in [-0.05, 0) is 54.2 Å². The number of amides is 2. The summed E-state index contributed by atoms with van der Waals surface area (Å²) in [5.41, 5.74) is 2.81. The van der Waals surface area contributed by atoms with Gasteiger partial charge < -0.3 is 19.7 Å². The van der Waals surface area contributed by atoms with Gasteiger partial charge in [-0.15, -0.1) is 0 Å². The van der Waals surface area contributed by atoms with E-state index in [1.807, 2.05) is 72.8 Å². The van der Waals surface area contributed by atoms with Crippen LogP contribution in [0.1, 0.15) is 55.2 Å². The van der Waals surface area contributed by atoms with E-state index >= 15 is 0 Å². The number of halogens is 1. The monoisotopic (exact) mass is 546 g/mol. The normalized spacial score (nSPS) is 15.5. The molecule has 2 amide bonds. The number of benzene rings is 3. The van der Waals surface area contributed by atoms with Crippen LogP contribution in [-0.2, 0) is 29.0 Å². The number of nitrogens with one attached hydrogen (secondary N) is 1. The highest BCUT2D eigenvalue weighted by atomic mass is 35.5. The lowest BCUT2D eigenvalue weighted by Gasteiger charge is -2.33. The highest BCUT2D eigenvalue weighted by molar-refractivity contribution is 6.31. The van der Waals surface area contributed by atoms with Crippen molar-refractivity contribution in [3.05, 3.63) is 94.5 Å². The van der Waals surface area contributed by atoms with Gasteiger partial charge in [0.1, 0.15) is 6.04 Å². The van der Waals surface area contributed by atoms with E-state index in [9.17, 15) is 9.59 Å². The lowest BCUT2D eigenvalue weighted by Crippen LogP contribution is -2.53. The SMILES string of the molecule is O=C(NC1CCCCC1)[C@H](Cc1ccccc1)N(Cc1ccccc1Cl)C(=O)CCc1ccc2c(c1)OCO2. The first-order chi connectivity index (χ1) is 19.1. The van der Waals surface area contributed by atoms with Crippen LogP contribution in [-0.4, -0.2) is 35.6 Å². The third kappa shape index (κ3) is 7.12. The van der Waals surface area contributed by atoms with Gasteiger partial charge in [-0.3, -0.25) is 9.59 Å². The molecule has 0 bridgehead atoms. The molecule has 1 fully saturated rings. The molecule has 0 saturated heterocycles. The summed E-state index contributed by atoms with van der Waals surface area (Å²) >= 11 is 6.54. The summed E-state index contributed by atoms with van der Waals surface area (Å²) < 4.78 is 10.9. The van der Waals surface area contributed by atoms with Crippen LogP contribution in [0.15, 0.2) is 72.8 Å². The number of carbonyl (C=O) groups excluding carboxylic acids is 2. The minimum absolute atomic E-state index is 0.0905. The molecule has 0 unspecified atom stereocenters. The van der Waals surface area contributed by atoms with E-state index in [0.29, 0.717) is 29.4 Å². The molecule has 1 N–H and O–H groups in total. The first-order valence-corrected chi connectivity index (χ1v) is 14.2. The lowest BCUT2D eigenvalue weighted by molar-refractivity contribution is -0.141. The quantitative estimate of drug-likeness (QED) is 0.334. The minimum atomic E-state index is -0.658. The van der Waals surface area contributed by atoms with Crippen molar-refractivity contribution in [2.24, 2.45) is 0 Å². The Morgan fingerprint density at radius 3 is 2.44 bits per heavy atom. The Kier molecular flexibility index (Phi) is 9.04. The standard InChI is InChI=1S/C32H35ClN2O4/c33-27-14-8-7-11-25(27)21-35(31(36)18-16-24-15-17-29-30(20-24)39-22-38-29)28(19-23-9-3-1-4-10-23)32(37)34-26-12-5-2-6-13-26/h1,3-4,7-11,14-15,17,20,26,28H,2,5-6,12-13,16,18-19,21-22H2,(H,34,37)/t28-/m0/s1. The van der Waals surface area contributed by atoms with Crippen molar-refractivity contribution < 1.29 is 19.1 Å². The Bertz CT molecular complexity index is 1280. The topological polar surface area (TPSA) is 67.9 Å². The zero-order chi connectivity index (χ0) is 27.0. The van der Waals surface area contributed by atoms with Crippen molar-refractivity contribution in [2.75, 3.05) is 6.79 Å². The number of ether oxygens (including phenoxy) is 2. The van der Waals surface area contributed by atoms with Crippen LogP contribution in [0.4, 0.5) is 0 Å². The van der Waals surface area contributed by atoms with Crippen LogP contribution >= 0.6 is 11.6 Å². The maximum atomic E-state index is 13.9. The predicted molar refractivity (Wildman–Crippen MR) is 152 cm³/mol. The molecule has 2 aliphatic rings. The highest BCUT2D eigenvalue weighted by Crippen LogP contribution is 2.33. The molecular formula is C32H35ClN2O4. The Hall–Kier alpha value is -3.51. The molecular weight excluding hydrogens is 512 g/mol. The van der Waals surface area contributed by atoms with E-state index in [2.05, 4.69) is 5.32 Å². The molecule has 0 radical (unpaired) electrons. The summed E-state index contributed by atoms with van der Waals surface area (Å²) in [4.78, 5) is 29.5. The van der Waals surface area contributed by atoms with Crippen molar-refractivity contribution in [2.45, 2.75) is 70.0 Å². The maximum Gasteiger partial charge on any atom is 0.243 e. The first-order valence-electron chi connectivity index (χ1n) is 13.8. The van der Waals surface area contributed by atoms with Crippen molar-refractivity contribution in [1.82, 2.24) is 10.2 Å². The Labute approximate surface area is 235 Å². The van der Waals surface area contributed by atoms with E-state index in [4.69, 9.17) is 21.1 Å². The van der Waals surface area contributed by atoms with Crippen LogP contribution in [0.2, 0.25) is 5.02 Å². The number of nitrogens with zero attached hydrogens (tertiary/aromatic N) is 1. The zero-order valence-corrected chi connectivity index (χ0v) is 22.9. The molecule has 1 atom stereocenters. The molecule has 0 aromatic heterocycles. The van der Waals surface area contributed by atoms with E-state index in [1.165, 1.54) is 6.42 Å². The van der Waals surface area contributed by atoms with Crippen molar-refractivity contribution in [1.29, 1.82) is 0 Å². The van der Waals surface area contributed by atoms with E-state index in [-0.39, 0.29) is 37.6 Å². The lowest BCUT2D eigenvalue weighted by atomic mass is 9.94. The largest absolute Gasteiger partial charge is 0.454 e. The predicted octanol–water partition coefficient (Wildman–Crippen LogP) is 6.09. The van der Waals surface area contributed by atoms with E-state index < -0.39 is 6.04 Å². The molecule has 0 spiro atoms. The third-order valence-electron chi connectivity index (χ3n) is 7.59. The maximum absolute atomic E-state index is 13.9. The molecule has 39 heavy (non-hydrogen) atoms. The summed E-state index contributed by atoms with van der Waals surface area (Å²) in [5.74, 6) is 1.22. The number of rotatable bonds is 10. The number of fused-ring (bicyclic) bond motifs is 1. The van der Waals surface area contributed by atoms with E-state index in [1.54, 1.807) is 4.90 Å². The van der Waals surface area contributed by atoms with Crippen LogP contribution in [0.5, 0.6) is 11.5 Å². The average Bonchev–Trinajstić information content (AvgIpc) is 3.44. The molecule has 1 saturated carbocycles. The van der Waals surface area contributed by atoms with Gasteiger partial charge >= 0.3 is 0 Å². The Balaban J connectivity index is 1.40. The molecule has 1 aliphatic carbocycles. The molecule has 1 aliphatic heterocycles. The number of aryl methyl sites for hydroxylation is 1. The van der Waals surface area contributed by atoms with Crippen LogP contribution in [0.3, 0.4) is 0 Å². The van der Waals surface area contributed by atoms with Crippen molar-refractivity contribution in [3.8, 4) is 11.5 Å². The van der Waals surface area contributed by atoms with Crippen molar-refractivity contribution >= 4 is 23.4 Å². The number of carbonyl (C=O) groups is 2.